The molecule has 6 nitrogen and oxygen atoms in total. The van der Waals surface area contributed by atoms with Crippen molar-refractivity contribution >= 4 is 11.9 Å². The third-order valence-corrected chi connectivity index (χ3v) is 4.61. The van der Waals surface area contributed by atoms with Crippen molar-refractivity contribution in [1.82, 2.24) is 10.1 Å². The Morgan fingerprint density at radius 1 is 1.41 bits per heavy atom. The predicted octanol–water partition coefficient (Wildman–Crippen LogP) is 2.50. The van der Waals surface area contributed by atoms with Gasteiger partial charge in [0.2, 0.25) is 5.91 Å². The smallest absolute Gasteiger partial charge is 0.308 e. The molecule has 3 unspecified atom stereocenters. The number of hydrogen-bond acceptors (Lipinski definition) is 4. The lowest BCUT2D eigenvalue weighted by atomic mass is 9.91. The molecule has 6 heteroatoms. The fraction of sp³-hybridized carbons (Fsp3) is 0.688. The number of carbonyl (C=O) groups excluding carboxylic acids is 1. The maximum atomic E-state index is 12.6. The molecule has 1 aliphatic rings. The van der Waals surface area contributed by atoms with Gasteiger partial charge in [0.25, 0.3) is 0 Å². The molecule has 1 aliphatic heterocycles. The molecule has 0 saturated carbocycles. The second-order valence-electron chi connectivity index (χ2n) is 6.35. The molecule has 1 aromatic heterocycles. The van der Waals surface area contributed by atoms with Gasteiger partial charge < -0.3 is 14.5 Å². The fourth-order valence-corrected chi connectivity index (χ4v) is 3.33. The maximum Gasteiger partial charge on any atom is 0.308 e. The van der Waals surface area contributed by atoms with Gasteiger partial charge in [0.15, 0.2) is 0 Å². The van der Waals surface area contributed by atoms with Crippen molar-refractivity contribution in [1.29, 1.82) is 0 Å². The van der Waals surface area contributed by atoms with Crippen LogP contribution in [-0.4, -0.2) is 39.6 Å². The molecule has 122 valence electrons. The molecular formula is C16H24N2O4. The van der Waals surface area contributed by atoms with E-state index in [-0.39, 0.29) is 17.9 Å². The van der Waals surface area contributed by atoms with E-state index in [0.717, 1.165) is 23.4 Å². The van der Waals surface area contributed by atoms with Crippen molar-refractivity contribution in [2.24, 2.45) is 5.92 Å². The number of nitrogens with zero attached hydrogens (tertiary/aromatic N) is 2. The standard InChI is InChI=1S/C16H24N2O4/c1-9(15-11(3)17-22-12(15)4)7-14(19)18-8-13(16(20)21)6-5-10(18)2/h9-10,13H,5-8H2,1-4H3,(H,20,21). The third-order valence-electron chi connectivity index (χ3n) is 4.61. The topological polar surface area (TPSA) is 83.6 Å². The van der Waals surface area contributed by atoms with E-state index in [1.807, 2.05) is 27.7 Å². The number of aryl methyl sites for hydroxylation is 2. The summed E-state index contributed by atoms with van der Waals surface area (Å²) in [4.78, 5) is 25.5. The van der Waals surface area contributed by atoms with Gasteiger partial charge in [-0.2, -0.15) is 0 Å². The number of amides is 1. The van der Waals surface area contributed by atoms with E-state index in [1.165, 1.54) is 0 Å². The van der Waals surface area contributed by atoms with Crippen molar-refractivity contribution in [2.75, 3.05) is 6.54 Å². The summed E-state index contributed by atoms with van der Waals surface area (Å²) in [6.07, 6.45) is 1.72. The Bertz CT molecular complexity index is 547. The van der Waals surface area contributed by atoms with E-state index < -0.39 is 11.9 Å². The number of rotatable bonds is 4. The lowest BCUT2D eigenvalue weighted by Crippen LogP contribution is -2.47. The highest BCUT2D eigenvalue weighted by Crippen LogP contribution is 2.29. The van der Waals surface area contributed by atoms with Gasteiger partial charge in [-0.1, -0.05) is 12.1 Å². The number of likely N-dealkylation sites (tertiary alicyclic amines) is 1. The van der Waals surface area contributed by atoms with Gasteiger partial charge in [-0.15, -0.1) is 0 Å². The molecule has 2 rings (SSSR count). The van der Waals surface area contributed by atoms with Gasteiger partial charge in [-0.25, -0.2) is 0 Å². The number of hydrogen-bond donors (Lipinski definition) is 1. The Balaban J connectivity index is 2.06. The van der Waals surface area contributed by atoms with Crippen LogP contribution in [0, 0.1) is 19.8 Å². The Hall–Kier alpha value is -1.85. The van der Waals surface area contributed by atoms with Crippen LogP contribution in [0.15, 0.2) is 4.52 Å². The second-order valence-corrected chi connectivity index (χ2v) is 6.35. The van der Waals surface area contributed by atoms with Crippen LogP contribution >= 0.6 is 0 Å². The highest BCUT2D eigenvalue weighted by molar-refractivity contribution is 5.79. The highest BCUT2D eigenvalue weighted by Gasteiger charge is 2.33. The van der Waals surface area contributed by atoms with Crippen molar-refractivity contribution in [3.05, 3.63) is 17.0 Å². The molecule has 22 heavy (non-hydrogen) atoms. The Labute approximate surface area is 130 Å². The largest absolute Gasteiger partial charge is 0.481 e. The number of aromatic nitrogens is 1. The highest BCUT2D eigenvalue weighted by atomic mass is 16.5. The quantitative estimate of drug-likeness (QED) is 0.924. The third kappa shape index (κ3) is 3.31. The van der Waals surface area contributed by atoms with Gasteiger partial charge in [-0.3, -0.25) is 9.59 Å². The molecule has 0 aromatic carbocycles. The van der Waals surface area contributed by atoms with Crippen molar-refractivity contribution in [3.8, 4) is 0 Å². The van der Waals surface area contributed by atoms with Crippen molar-refractivity contribution < 1.29 is 19.2 Å². The fourth-order valence-electron chi connectivity index (χ4n) is 3.33. The first-order chi connectivity index (χ1) is 10.3. The van der Waals surface area contributed by atoms with Crippen LogP contribution in [0.2, 0.25) is 0 Å². The molecule has 0 radical (unpaired) electrons. The molecule has 2 heterocycles. The average molecular weight is 308 g/mol. The zero-order chi connectivity index (χ0) is 16.4. The van der Waals surface area contributed by atoms with E-state index in [9.17, 15) is 14.7 Å². The zero-order valence-corrected chi connectivity index (χ0v) is 13.6. The summed E-state index contributed by atoms with van der Waals surface area (Å²) in [5.41, 5.74) is 1.79. The molecule has 3 atom stereocenters. The first kappa shape index (κ1) is 16.5. The average Bonchev–Trinajstić information content (AvgIpc) is 2.78. The van der Waals surface area contributed by atoms with Crippen molar-refractivity contribution in [3.63, 3.8) is 0 Å². The lowest BCUT2D eigenvalue weighted by Gasteiger charge is -2.37. The minimum absolute atomic E-state index is 0.00551. The Kier molecular flexibility index (Phi) is 4.88. The first-order valence-electron chi connectivity index (χ1n) is 7.76. The van der Waals surface area contributed by atoms with Gasteiger partial charge in [0.1, 0.15) is 5.76 Å². The summed E-state index contributed by atoms with van der Waals surface area (Å²) in [6, 6.07) is 0.0972. The summed E-state index contributed by atoms with van der Waals surface area (Å²) in [7, 11) is 0. The molecule has 1 amide bonds. The molecule has 1 N–H and O–H groups in total. The van der Waals surface area contributed by atoms with Crippen LogP contribution < -0.4 is 0 Å². The van der Waals surface area contributed by atoms with Crippen LogP contribution in [0.25, 0.3) is 0 Å². The molecule has 0 bridgehead atoms. The number of carbonyl (C=O) groups is 2. The Morgan fingerprint density at radius 2 is 2.09 bits per heavy atom. The van der Waals surface area contributed by atoms with Gasteiger partial charge in [0.05, 0.1) is 11.6 Å². The summed E-state index contributed by atoms with van der Waals surface area (Å²) >= 11 is 0. The van der Waals surface area contributed by atoms with Crippen LogP contribution in [0.5, 0.6) is 0 Å². The van der Waals surface area contributed by atoms with Crippen LogP contribution in [0.3, 0.4) is 0 Å². The van der Waals surface area contributed by atoms with E-state index in [0.29, 0.717) is 19.4 Å². The minimum Gasteiger partial charge on any atom is -0.481 e. The van der Waals surface area contributed by atoms with E-state index in [1.54, 1.807) is 4.90 Å². The zero-order valence-electron chi connectivity index (χ0n) is 13.6. The number of carboxylic acid groups (broad SMARTS) is 1. The van der Waals surface area contributed by atoms with Gasteiger partial charge in [0, 0.05) is 24.6 Å². The molecule has 0 aliphatic carbocycles. The molecular weight excluding hydrogens is 284 g/mol. The van der Waals surface area contributed by atoms with Gasteiger partial charge >= 0.3 is 5.97 Å². The van der Waals surface area contributed by atoms with E-state index in [2.05, 4.69) is 5.16 Å². The minimum atomic E-state index is -0.816. The maximum absolute atomic E-state index is 12.6. The van der Waals surface area contributed by atoms with E-state index >= 15 is 0 Å². The summed E-state index contributed by atoms with van der Waals surface area (Å²) < 4.78 is 5.16. The summed E-state index contributed by atoms with van der Waals surface area (Å²) in [5, 5.41) is 13.1. The van der Waals surface area contributed by atoms with Crippen LogP contribution in [0.4, 0.5) is 0 Å². The lowest BCUT2D eigenvalue weighted by molar-refractivity contribution is -0.147. The monoisotopic (exact) mass is 308 g/mol. The molecule has 0 spiro atoms. The number of aliphatic carboxylic acids is 1. The normalized spacial score (nSPS) is 23.4. The molecule has 1 fully saturated rings. The predicted molar refractivity (Wildman–Crippen MR) is 80.5 cm³/mol. The first-order valence-corrected chi connectivity index (χ1v) is 7.76. The summed E-state index contributed by atoms with van der Waals surface area (Å²) in [5.74, 6) is -0.506. The van der Waals surface area contributed by atoms with E-state index in [4.69, 9.17) is 4.52 Å². The molecule has 1 aromatic rings. The van der Waals surface area contributed by atoms with Crippen molar-refractivity contribution in [2.45, 2.75) is 58.9 Å². The van der Waals surface area contributed by atoms with Crippen LogP contribution in [-0.2, 0) is 9.59 Å². The Morgan fingerprint density at radius 3 is 2.64 bits per heavy atom. The van der Waals surface area contributed by atoms with Crippen LogP contribution in [0.1, 0.15) is 56.0 Å². The number of carboxylic acids is 1. The summed E-state index contributed by atoms with van der Waals surface area (Å²) in [6.45, 7) is 7.99. The SMILES string of the molecule is Cc1noc(C)c1C(C)CC(=O)N1CC(C(=O)O)CCC1C. The second kappa shape index (κ2) is 6.50. The number of piperidine rings is 1. The molecule has 1 saturated heterocycles. The van der Waals surface area contributed by atoms with Gasteiger partial charge in [-0.05, 0) is 39.5 Å².